The molecule has 1 saturated carbocycles. The van der Waals surface area contributed by atoms with Crippen molar-refractivity contribution < 1.29 is 9.53 Å². The second kappa shape index (κ2) is 6.50. The highest BCUT2D eigenvalue weighted by Gasteiger charge is 2.43. The third kappa shape index (κ3) is 3.27. The number of rotatable bonds is 6. The number of hydrogen-bond acceptors (Lipinski definition) is 4. The molecule has 0 aliphatic heterocycles. The van der Waals surface area contributed by atoms with Crippen LogP contribution in [-0.2, 0) is 4.79 Å². The Bertz CT molecular complexity index is 463. The Morgan fingerprint density at radius 1 is 1.50 bits per heavy atom. The molecule has 1 fully saturated rings. The summed E-state index contributed by atoms with van der Waals surface area (Å²) in [6.07, 6.45) is 2.63. The lowest BCUT2D eigenvalue weighted by Crippen LogP contribution is -2.53. The molecule has 5 heteroatoms. The lowest BCUT2D eigenvalue weighted by molar-refractivity contribution is -0.124. The van der Waals surface area contributed by atoms with Gasteiger partial charge < -0.3 is 15.8 Å². The standard InChI is InChI=1S/C15H22N2O2S/c1-3-17-15(14(16)18)9-8-13(10-15)20-12-6-4-11(19-2)5-7-12/h4-7,13,17H,3,8-10H2,1-2H3,(H2,16,18). The fraction of sp³-hybridized carbons (Fsp3) is 0.533. The zero-order chi connectivity index (χ0) is 14.6. The molecule has 0 bridgehead atoms. The van der Waals surface area contributed by atoms with Gasteiger partial charge in [0, 0.05) is 10.1 Å². The van der Waals surface area contributed by atoms with Crippen molar-refractivity contribution in [2.24, 2.45) is 5.73 Å². The number of thioether (sulfide) groups is 1. The number of carbonyl (C=O) groups excluding carboxylic acids is 1. The number of amides is 1. The number of methoxy groups -OCH3 is 1. The number of benzene rings is 1. The topological polar surface area (TPSA) is 64.3 Å². The number of nitrogens with one attached hydrogen (secondary N) is 1. The molecule has 2 unspecified atom stereocenters. The highest BCUT2D eigenvalue weighted by atomic mass is 32.2. The quantitative estimate of drug-likeness (QED) is 0.844. The highest BCUT2D eigenvalue weighted by Crippen LogP contribution is 2.40. The summed E-state index contributed by atoms with van der Waals surface area (Å²) < 4.78 is 5.16. The number of carbonyl (C=O) groups is 1. The van der Waals surface area contributed by atoms with Gasteiger partial charge in [-0.1, -0.05) is 6.92 Å². The molecule has 1 aromatic carbocycles. The van der Waals surface area contributed by atoms with Gasteiger partial charge in [-0.15, -0.1) is 11.8 Å². The van der Waals surface area contributed by atoms with Crippen molar-refractivity contribution in [2.75, 3.05) is 13.7 Å². The van der Waals surface area contributed by atoms with E-state index in [1.807, 2.05) is 30.8 Å². The first kappa shape index (κ1) is 15.2. The molecule has 0 radical (unpaired) electrons. The monoisotopic (exact) mass is 294 g/mol. The molecule has 0 aromatic heterocycles. The van der Waals surface area contributed by atoms with Crippen LogP contribution in [0.3, 0.4) is 0 Å². The molecule has 1 amide bonds. The fourth-order valence-electron chi connectivity index (χ4n) is 2.76. The van der Waals surface area contributed by atoms with Crippen molar-refractivity contribution in [1.82, 2.24) is 5.32 Å². The number of ether oxygens (including phenoxy) is 1. The molecule has 1 aliphatic rings. The highest BCUT2D eigenvalue weighted by molar-refractivity contribution is 8.00. The zero-order valence-corrected chi connectivity index (χ0v) is 12.8. The minimum absolute atomic E-state index is 0.225. The van der Waals surface area contributed by atoms with Crippen LogP contribution in [0.15, 0.2) is 29.2 Å². The van der Waals surface area contributed by atoms with Gasteiger partial charge in [-0.2, -0.15) is 0 Å². The van der Waals surface area contributed by atoms with E-state index >= 15 is 0 Å². The summed E-state index contributed by atoms with van der Waals surface area (Å²) in [6.45, 7) is 2.78. The van der Waals surface area contributed by atoms with E-state index in [0.29, 0.717) is 5.25 Å². The second-order valence-corrected chi connectivity index (χ2v) is 6.51. The van der Waals surface area contributed by atoms with Crippen LogP contribution in [0, 0.1) is 0 Å². The Morgan fingerprint density at radius 3 is 2.75 bits per heavy atom. The van der Waals surface area contributed by atoms with E-state index in [0.717, 1.165) is 31.6 Å². The first-order chi connectivity index (χ1) is 9.59. The lowest BCUT2D eigenvalue weighted by Gasteiger charge is -2.26. The van der Waals surface area contributed by atoms with Gasteiger partial charge in [0.1, 0.15) is 5.75 Å². The Hall–Kier alpha value is -1.20. The van der Waals surface area contributed by atoms with Crippen molar-refractivity contribution in [1.29, 1.82) is 0 Å². The van der Waals surface area contributed by atoms with Gasteiger partial charge in [-0.25, -0.2) is 0 Å². The maximum Gasteiger partial charge on any atom is 0.237 e. The third-order valence-electron chi connectivity index (χ3n) is 3.82. The molecule has 0 saturated heterocycles. The van der Waals surface area contributed by atoms with Crippen molar-refractivity contribution in [3.63, 3.8) is 0 Å². The normalized spacial score (nSPS) is 25.6. The molecule has 4 nitrogen and oxygen atoms in total. The zero-order valence-electron chi connectivity index (χ0n) is 12.0. The number of primary amides is 1. The number of nitrogens with two attached hydrogens (primary N) is 1. The first-order valence-electron chi connectivity index (χ1n) is 6.95. The molecule has 0 spiro atoms. The van der Waals surface area contributed by atoms with E-state index in [-0.39, 0.29) is 5.91 Å². The Labute approximate surface area is 124 Å². The van der Waals surface area contributed by atoms with Crippen LogP contribution in [0.5, 0.6) is 5.75 Å². The van der Waals surface area contributed by atoms with Crippen molar-refractivity contribution >= 4 is 17.7 Å². The molecular weight excluding hydrogens is 272 g/mol. The van der Waals surface area contributed by atoms with Crippen LogP contribution in [0.4, 0.5) is 0 Å². The summed E-state index contributed by atoms with van der Waals surface area (Å²) in [7, 11) is 1.66. The van der Waals surface area contributed by atoms with Crippen LogP contribution in [0.2, 0.25) is 0 Å². The molecule has 2 rings (SSSR count). The minimum atomic E-state index is -0.515. The molecule has 20 heavy (non-hydrogen) atoms. The van der Waals surface area contributed by atoms with Crippen LogP contribution in [0.1, 0.15) is 26.2 Å². The second-order valence-electron chi connectivity index (χ2n) is 5.13. The van der Waals surface area contributed by atoms with Gasteiger partial charge in [-0.3, -0.25) is 4.79 Å². The van der Waals surface area contributed by atoms with Crippen molar-refractivity contribution in [2.45, 2.75) is 41.9 Å². The Kier molecular flexibility index (Phi) is 4.94. The maximum absolute atomic E-state index is 11.7. The summed E-state index contributed by atoms with van der Waals surface area (Å²) >= 11 is 1.81. The summed E-state index contributed by atoms with van der Waals surface area (Å²) in [5.41, 5.74) is 5.07. The predicted molar refractivity (Wildman–Crippen MR) is 82.1 cm³/mol. The molecular formula is C15H22N2O2S. The summed E-state index contributed by atoms with van der Waals surface area (Å²) in [5, 5.41) is 3.71. The Balaban J connectivity index is 1.99. The van der Waals surface area contributed by atoms with E-state index in [2.05, 4.69) is 17.4 Å². The van der Waals surface area contributed by atoms with Crippen LogP contribution < -0.4 is 15.8 Å². The van der Waals surface area contributed by atoms with E-state index < -0.39 is 5.54 Å². The molecule has 1 aromatic rings. The molecule has 1 aliphatic carbocycles. The van der Waals surface area contributed by atoms with E-state index in [9.17, 15) is 4.79 Å². The smallest absolute Gasteiger partial charge is 0.237 e. The lowest BCUT2D eigenvalue weighted by atomic mass is 9.97. The van der Waals surface area contributed by atoms with Gasteiger partial charge in [-0.05, 0) is 50.1 Å². The van der Waals surface area contributed by atoms with Gasteiger partial charge in [0.25, 0.3) is 0 Å². The number of likely N-dealkylation sites (N-methyl/N-ethyl adjacent to an activating group) is 1. The van der Waals surface area contributed by atoms with Gasteiger partial charge >= 0.3 is 0 Å². The van der Waals surface area contributed by atoms with Gasteiger partial charge in [0.05, 0.1) is 12.6 Å². The Morgan fingerprint density at radius 2 is 2.20 bits per heavy atom. The summed E-state index contributed by atoms with van der Waals surface area (Å²) in [5.74, 6) is 0.636. The van der Waals surface area contributed by atoms with E-state index in [1.54, 1.807) is 7.11 Å². The molecule has 110 valence electrons. The van der Waals surface area contributed by atoms with Crippen molar-refractivity contribution in [3.05, 3.63) is 24.3 Å². The fourth-order valence-corrected chi connectivity index (χ4v) is 4.04. The number of hydrogen-bond donors (Lipinski definition) is 2. The molecule has 0 heterocycles. The maximum atomic E-state index is 11.7. The third-order valence-corrected chi connectivity index (χ3v) is 5.10. The van der Waals surface area contributed by atoms with Gasteiger partial charge in [0.15, 0.2) is 0 Å². The van der Waals surface area contributed by atoms with E-state index in [1.165, 1.54) is 4.90 Å². The van der Waals surface area contributed by atoms with Gasteiger partial charge in [0.2, 0.25) is 5.91 Å². The van der Waals surface area contributed by atoms with Crippen LogP contribution in [0.25, 0.3) is 0 Å². The first-order valence-corrected chi connectivity index (χ1v) is 7.83. The molecule has 2 atom stereocenters. The van der Waals surface area contributed by atoms with Crippen molar-refractivity contribution in [3.8, 4) is 5.75 Å². The largest absolute Gasteiger partial charge is 0.497 e. The minimum Gasteiger partial charge on any atom is -0.497 e. The molecule has 3 N–H and O–H groups in total. The predicted octanol–water partition coefficient (Wildman–Crippen LogP) is 2.17. The summed E-state index contributed by atoms with van der Waals surface area (Å²) in [6, 6.07) is 8.04. The average Bonchev–Trinajstić information content (AvgIpc) is 2.84. The van der Waals surface area contributed by atoms with Crippen LogP contribution >= 0.6 is 11.8 Å². The SMILES string of the molecule is CCNC1(C(N)=O)CCC(Sc2ccc(OC)cc2)C1. The van der Waals surface area contributed by atoms with E-state index in [4.69, 9.17) is 10.5 Å². The van der Waals surface area contributed by atoms with Crippen LogP contribution in [-0.4, -0.2) is 30.4 Å². The average molecular weight is 294 g/mol. The summed E-state index contributed by atoms with van der Waals surface area (Å²) in [4.78, 5) is 12.9.